The molecule has 136 valence electrons. The standard InChI is InChI=1S/C18H29N7/c1-14(2)24-12-8-15(9-13-24)21-18(19-3)20-10-7-17-23-22-16-6-4-5-11-25(16)17/h4-6,11,14-15H,7-10,12-13H2,1-3H3,(H2,19,20,21). The Morgan fingerprint density at radius 3 is 2.80 bits per heavy atom. The summed E-state index contributed by atoms with van der Waals surface area (Å²) in [6.07, 6.45) is 5.12. The maximum Gasteiger partial charge on any atom is 0.191 e. The van der Waals surface area contributed by atoms with Crippen LogP contribution in [0.15, 0.2) is 29.4 Å². The SMILES string of the molecule is CN=C(NCCc1nnc2ccccn12)NC1CCN(C(C)C)CC1. The molecule has 7 nitrogen and oxygen atoms in total. The van der Waals surface area contributed by atoms with Gasteiger partial charge in [-0.25, -0.2) is 0 Å². The molecule has 0 unspecified atom stereocenters. The van der Waals surface area contributed by atoms with Crippen molar-refractivity contribution in [1.82, 2.24) is 30.1 Å². The molecule has 3 rings (SSSR count). The zero-order valence-electron chi connectivity index (χ0n) is 15.4. The first-order valence-corrected chi connectivity index (χ1v) is 9.17. The average molecular weight is 343 g/mol. The highest BCUT2D eigenvalue weighted by atomic mass is 15.3. The summed E-state index contributed by atoms with van der Waals surface area (Å²) in [6.45, 7) is 7.61. The van der Waals surface area contributed by atoms with Crippen molar-refractivity contribution >= 4 is 11.6 Å². The van der Waals surface area contributed by atoms with Crippen LogP contribution in [0.25, 0.3) is 5.65 Å². The molecule has 1 aliphatic heterocycles. The van der Waals surface area contributed by atoms with Crippen LogP contribution in [-0.4, -0.2) is 64.2 Å². The Morgan fingerprint density at radius 1 is 1.28 bits per heavy atom. The lowest BCUT2D eigenvalue weighted by atomic mass is 10.0. The van der Waals surface area contributed by atoms with E-state index >= 15 is 0 Å². The van der Waals surface area contributed by atoms with Crippen LogP contribution in [0.1, 0.15) is 32.5 Å². The molecule has 7 heteroatoms. The first-order valence-electron chi connectivity index (χ1n) is 9.17. The van der Waals surface area contributed by atoms with Gasteiger partial charge in [0.05, 0.1) is 0 Å². The largest absolute Gasteiger partial charge is 0.356 e. The van der Waals surface area contributed by atoms with Gasteiger partial charge in [0.15, 0.2) is 11.6 Å². The van der Waals surface area contributed by atoms with E-state index in [1.165, 1.54) is 0 Å². The third kappa shape index (κ3) is 4.48. The van der Waals surface area contributed by atoms with Crippen molar-refractivity contribution < 1.29 is 0 Å². The van der Waals surface area contributed by atoms with Gasteiger partial charge in [-0.15, -0.1) is 10.2 Å². The summed E-state index contributed by atoms with van der Waals surface area (Å²) in [6, 6.07) is 7.07. The molecule has 0 radical (unpaired) electrons. The van der Waals surface area contributed by atoms with Gasteiger partial charge in [0.1, 0.15) is 5.82 Å². The van der Waals surface area contributed by atoms with Crippen LogP contribution in [0.2, 0.25) is 0 Å². The number of hydrogen-bond acceptors (Lipinski definition) is 4. The van der Waals surface area contributed by atoms with Gasteiger partial charge >= 0.3 is 0 Å². The summed E-state index contributed by atoms with van der Waals surface area (Å²) >= 11 is 0. The molecule has 0 aromatic carbocycles. The van der Waals surface area contributed by atoms with Crippen LogP contribution < -0.4 is 10.6 Å². The summed E-state index contributed by atoms with van der Waals surface area (Å²) < 4.78 is 2.03. The normalized spacial score (nSPS) is 17.4. The molecule has 25 heavy (non-hydrogen) atoms. The van der Waals surface area contributed by atoms with E-state index in [0.29, 0.717) is 12.1 Å². The van der Waals surface area contributed by atoms with E-state index < -0.39 is 0 Å². The third-order valence-electron chi connectivity index (χ3n) is 4.85. The smallest absolute Gasteiger partial charge is 0.191 e. The summed E-state index contributed by atoms with van der Waals surface area (Å²) in [7, 11) is 1.82. The van der Waals surface area contributed by atoms with Crippen LogP contribution in [0.3, 0.4) is 0 Å². The number of pyridine rings is 1. The van der Waals surface area contributed by atoms with Crippen molar-refractivity contribution in [3.8, 4) is 0 Å². The molecule has 2 aromatic rings. The summed E-state index contributed by atoms with van der Waals surface area (Å²) in [5.41, 5.74) is 0.886. The molecule has 0 aliphatic carbocycles. The van der Waals surface area contributed by atoms with Crippen molar-refractivity contribution in [2.24, 2.45) is 4.99 Å². The van der Waals surface area contributed by atoms with Crippen molar-refractivity contribution in [2.45, 2.75) is 45.2 Å². The van der Waals surface area contributed by atoms with E-state index in [-0.39, 0.29) is 0 Å². The molecule has 1 fully saturated rings. The molecular weight excluding hydrogens is 314 g/mol. The number of nitrogens with zero attached hydrogens (tertiary/aromatic N) is 5. The monoisotopic (exact) mass is 343 g/mol. The molecule has 0 amide bonds. The molecule has 0 bridgehead atoms. The Hall–Kier alpha value is -2.15. The Kier molecular flexibility index (Phi) is 5.86. The summed E-state index contributed by atoms with van der Waals surface area (Å²) in [4.78, 5) is 6.89. The first-order chi connectivity index (χ1) is 12.2. The van der Waals surface area contributed by atoms with Gasteiger partial charge in [0.2, 0.25) is 0 Å². The van der Waals surface area contributed by atoms with E-state index in [4.69, 9.17) is 0 Å². The topological polar surface area (TPSA) is 69.8 Å². The minimum Gasteiger partial charge on any atom is -0.356 e. The number of nitrogens with one attached hydrogen (secondary N) is 2. The highest BCUT2D eigenvalue weighted by Gasteiger charge is 2.21. The number of likely N-dealkylation sites (tertiary alicyclic amines) is 1. The van der Waals surface area contributed by atoms with Crippen LogP contribution in [0.4, 0.5) is 0 Å². The number of fused-ring (bicyclic) bond motifs is 1. The Morgan fingerprint density at radius 2 is 2.08 bits per heavy atom. The van der Waals surface area contributed by atoms with Crippen molar-refractivity contribution in [2.75, 3.05) is 26.7 Å². The van der Waals surface area contributed by atoms with Crippen LogP contribution in [-0.2, 0) is 6.42 Å². The highest BCUT2D eigenvalue weighted by molar-refractivity contribution is 5.79. The highest BCUT2D eigenvalue weighted by Crippen LogP contribution is 2.12. The second kappa shape index (κ2) is 8.29. The van der Waals surface area contributed by atoms with E-state index in [9.17, 15) is 0 Å². The Bertz CT molecular complexity index is 698. The van der Waals surface area contributed by atoms with E-state index in [0.717, 1.165) is 56.3 Å². The molecule has 3 heterocycles. The molecule has 2 N–H and O–H groups in total. The van der Waals surface area contributed by atoms with Crippen LogP contribution >= 0.6 is 0 Å². The second-order valence-corrected chi connectivity index (χ2v) is 6.84. The Labute approximate surface area is 149 Å². The lowest BCUT2D eigenvalue weighted by molar-refractivity contribution is 0.167. The maximum absolute atomic E-state index is 4.36. The minimum atomic E-state index is 0.495. The number of guanidine groups is 1. The van der Waals surface area contributed by atoms with Gasteiger partial charge in [-0.05, 0) is 38.8 Å². The molecule has 2 aromatic heterocycles. The van der Waals surface area contributed by atoms with Crippen LogP contribution in [0.5, 0.6) is 0 Å². The van der Waals surface area contributed by atoms with Gasteiger partial charge in [-0.2, -0.15) is 0 Å². The predicted octanol–water partition coefficient (Wildman–Crippen LogP) is 1.31. The summed E-state index contributed by atoms with van der Waals surface area (Å²) in [5, 5.41) is 15.4. The first kappa shape index (κ1) is 17.7. The predicted molar refractivity (Wildman–Crippen MR) is 101 cm³/mol. The van der Waals surface area contributed by atoms with Gasteiger partial charge in [0.25, 0.3) is 0 Å². The third-order valence-corrected chi connectivity index (χ3v) is 4.85. The average Bonchev–Trinajstić information content (AvgIpc) is 3.04. The molecule has 0 spiro atoms. The number of piperidine rings is 1. The minimum absolute atomic E-state index is 0.495. The number of rotatable bonds is 5. The second-order valence-electron chi connectivity index (χ2n) is 6.84. The van der Waals surface area contributed by atoms with Crippen molar-refractivity contribution in [1.29, 1.82) is 0 Å². The fourth-order valence-electron chi connectivity index (χ4n) is 3.30. The summed E-state index contributed by atoms with van der Waals surface area (Å²) in [5.74, 6) is 1.83. The van der Waals surface area contributed by atoms with Gasteiger partial charge in [0, 0.05) is 51.4 Å². The lowest BCUT2D eigenvalue weighted by Crippen LogP contribution is -2.50. The molecular formula is C18H29N7. The van der Waals surface area contributed by atoms with Crippen molar-refractivity contribution in [3.05, 3.63) is 30.2 Å². The number of hydrogen-bond donors (Lipinski definition) is 2. The fourth-order valence-corrected chi connectivity index (χ4v) is 3.30. The quantitative estimate of drug-likeness (QED) is 0.633. The van der Waals surface area contributed by atoms with Gasteiger partial charge < -0.3 is 15.5 Å². The van der Waals surface area contributed by atoms with Gasteiger partial charge in [-0.1, -0.05) is 6.07 Å². The molecule has 1 saturated heterocycles. The van der Waals surface area contributed by atoms with Gasteiger partial charge in [-0.3, -0.25) is 9.39 Å². The van der Waals surface area contributed by atoms with E-state index in [1.807, 2.05) is 35.8 Å². The van der Waals surface area contributed by atoms with Crippen LogP contribution in [0, 0.1) is 0 Å². The number of aliphatic imine (C=N–C) groups is 1. The van der Waals surface area contributed by atoms with E-state index in [2.05, 4.69) is 44.6 Å². The Balaban J connectivity index is 1.45. The molecule has 1 aliphatic rings. The maximum atomic E-state index is 4.36. The zero-order valence-corrected chi connectivity index (χ0v) is 15.4. The fraction of sp³-hybridized carbons (Fsp3) is 0.611. The molecule has 0 saturated carbocycles. The lowest BCUT2D eigenvalue weighted by Gasteiger charge is -2.35. The van der Waals surface area contributed by atoms with Crippen molar-refractivity contribution in [3.63, 3.8) is 0 Å². The van der Waals surface area contributed by atoms with E-state index in [1.54, 1.807) is 0 Å². The number of aromatic nitrogens is 3. The molecule has 0 atom stereocenters. The zero-order chi connectivity index (χ0) is 17.6.